The van der Waals surface area contributed by atoms with Gasteiger partial charge < -0.3 is 10.4 Å². The summed E-state index contributed by atoms with van der Waals surface area (Å²) in [5.41, 5.74) is 1.25. The Bertz CT molecular complexity index is 587. The molecule has 2 N–H and O–H groups in total. The van der Waals surface area contributed by atoms with Crippen LogP contribution in [0.15, 0.2) is 35.0 Å². The molecular formula is C14H13Cl2NO2S. The highest BCUT2D eigenvalue weighted by atomic mass is 35.5. The van der Waals surface area contributed by atoms with Crippen molar-refractivity contribution in [2.45, 2.75) is 12.5 Å². The van der Waals surface area contributed by atoms with Gasteiger partial charge in [0.1, 0.15) is 0 Å². The molecule has 0 aliphatic rings. The zero-order valence-electron chi connectivity index (χ0n) is 10.5. The van der Waals surface area contributed by atoms with Gasteiger partial charge in [-0.1, -0.05) is 23.2 Å². The Balaban J connectivity index is 1.86. The molecule has 20 heavy (non-hydrogen) atoms. The second-order valence-electron chi connectivity index (χ2n) is 4.24. The van der Waals surface area contributed by atoms with Crippen molar-refractivity contribution in [2.75, 3.05) is 6.54 Å². The average molecular weight is 330 g/mol. The maximum absolute atomic E-state index is 11.9. The lowest BCUT2D eigenvalue weighted by Gasteiger charge is -2.10. The third kappa shape index (κ3) is 3.96. The van der Waals surface area contributed by atoms with Gasteiger partial charge in [-0.25, -0.2) is 0 Å². The van der Waals surface area contributed by atoms with Gasteiger partial charge in [-0.15, -0.1) is 0 Å². The number of hydrogen-bond acceptors (Lipinski definition) is 3. The molecule has 0 saturated carbocycles. The summed E-state index contributed by atoms with van der Waals surface area (Å²) in [4.78, 5) is 11.9. The number of carbonyl (C=O) groups excluding carboxylic acids is 1. The summed E-state index contributed by atoms with van der Waals surface area (Å²) in [5.74, 6) is -0.274. The highest BCUT2D eigenvalue weighted by Gasteiger charge is 2.12. The van der Waals surface area contributed by atoms with Crippen LogP contribution in [0.3, 0.4) is 0 Å². The Kier molecular flexibility index (Phi) is 5.43. The molecule has 0 aliphatic carbocycles. The van der Waals surface area contributed by atoms with Gasteiger partial charge >= 0.3 is 0 Å². The quantitative estimate of drug-likeness (QED) is 0.873. The van der Waals surface area contributed by atoms with Crippen molar-refractivity contribution < 1.29 is 9.90 Å². The predicted octanol–water partition coefficient (Wildman–Crippen LogP) is 3.91. The fourth-order valence-corrected chi connectivity index (χ4v) is 2.92. The lowest BCUT2D eigenvalue weighted by atomic mass is 10.1. The monoisotopic (exact) mass is 329 g/mol. The topological polar surface area (TPSA) is 49.3 Å². The molecule has 0 bridgehead atoms. The molecule has 1 aromatic heterocycles. The minimum atomic E-state index is -0.567. The van der Waals surface area contributed by atoms with Gasteiger partial charge in [0.2, 0.25) is 0 Å². The van der Waals surface area contributed by atoms with Gasteiger partial charge in [0.05, 0.1) is 16.7 Å². The molecule has 0 saturated heterocycles. The van der Waals surface area contributed by atoms with Crippen LogP contribution >= 0.6 is 34.5 Å². The summed E-state index contributed by atoms with van der Waals surface area (Å²) in [6.07, 6.45) is -0.115. The summed E-state index contributed by atoms with van der Waals surface area (Å²) in [6.45, 7) is 0.370. The minimum Gasteiger partial charge on any atom is -0.388 e. The first-order valence-corrected chi connectivity index (χ1v) is 7.71. The molecule has 1 amide bonds. The Morgan fingerprint density at radius 1 is 1.35 bits per heavy atom. The smallest absolute Gasteiger partial charge is 0.252 e. The molecule has 1 heterocycles. The molecule has 0 aliphatic heterocycles. The Hall–Kier alpha value is -1.07. The molecule has 2 rings (SSSR count). The average Bonchev–Trinajstić information content (AvgIpc) is 2.92. The van der Waals surface area contributed by atoms with Crippen molar-refractivity contribution in [2.24, 2.45) is 0 Å². The second-order valence-corrected chi connectivity index (χ2v) is 5.86. The highest BCUT2D eigenvalue weighted by Crippen LogP contribution is 2.21. The van der Waals surface area contributed by atoms with Crippen LogP contribution < -0.4 is 5.32 Å². The summed E-state index contributed by atoms with van der Waals surface area (Å²) < 4.78 is 0. The van der Waals surface area contributed by atoms with Crippen LogP contribution in [0.4, 0.5) is 0 Å². The van der Waals surface area contributed by atoms with Gasteiger partial charge in [0.25, 0.3) is 5.91 Å². The summed E-state index contributed by atoms with van der Waals surface area (Å²) >= 11 is 13.3. The van der Waals surface area contributed by atoms with Crippen molar-refractivity contribution in [1.82, 2.24) is 5.32 Å². The number of aliphatic hydroxyl groups is 1. The van der Waals surface area contributed by atoms with Crippen LogP contribution in [0.2, 0.25) is 10.0 Å². The molecule has 0 spiro atoms. The molecule has 1 atom stereocenters. The van der Waals surface area contributed by atoms with Gasteiger partial charge in [-0.3, -0.25) is 4.79 Å². The van der Waals surface area contributed by atoms with E-state index >= 15 is 0 Å². The fraction of sp³-hybridized carbons (Fsp3) is 0.214. The number of rotatable bonds is 5. The van der Waals surface area contributed by atoms with Crippen LogP contribution in [0.25, 0.3) is 0 Å². The van der Waals surface area contributed by atoms with Gasteiger partial charge in [0.15, 0.2) is 0 Å². The molecular weight excluding hydrogens is 317 g/mol. The van der Waals surface area contributed by atoms with Crippen LogP contribution in [0.1, 0.15) is 28.4 Å². The fourth-order valence-electron chi connectivity index (χ4n) is 1.72. The van der Waals surface area contributed by atoms with Crippen molar-refractivity contribution in [1.29, 1.82) is 0 Å². The van der Waals surface area contributed by atoms with Gasteiger partial charge in [-0.2, -0.15) is 11.3 Å². The highest BCUT2D eigenvalue weighted by molar-refractivity contribution is 7.07. The van der Waals surface area contributed by atoms with Crippen LogP contribution in [0.5, 0.6) is 0 Å². The van der Waals surface area contributed by atoms with E-state index in [2.05, 4.69) is 5.32 Å². The van der Waals surface area contributed by atoms with E-state index in [1.165, 1.54) is 17.4 Å². The van der Waals surface area contributed by atoms with Gasteiger partial charge in [-0.05, 0) is 47.0 Å². The Morgan fingerprint density at radius 3 is 2.80 bits per heavy atom. The van der Waals surface area contributed by atoms with E-state index in [4.69, 9.17) is 23.2 Å². The van der Waals surface area contributed by atoms with E-state index in [0.29, 0.717) is 28.6 Å². The largest absolute Gasteiger partial charge is 0.388 e. The number of halogens is 2. The first kappa shape index (κ1) is 15.3. The molecule has 1 aromatic carbocycles. The standard InChI is InChI=1S/C14H13Cl2NO2S/c15-10-1-2-11(12(16)7-10)14(19)17-5-3-13(18)9-4-6-20-8-9/h1-2,4,6-8,13,18H,3,5H2,(H,17,19). The molecule has 0 radical (unpaired) electrons. The Morgan fingerprint density at radius 2 is 2.15 bits per heavy atom. The summed E-state index contributed by atoms with van der Waals surface area (Å²) in [6, 6.07) is 6.59. The van der Waals surface area contributed by atoms with E-state index in [-0.39, 0.29) is 5.91 Å². The number of thiophene rings is 1. The van der Waals surface area contributed by atoms with E-state index < -0.39 is 6.10 Å². The van der Waals surface area contributed by atoms with Crippen LogP contribution in [-0.2, 0) is 0 Å². The third-order valence-corrected chi connectivity index (χ3v) is 4.06. The second kappa shape index (κ2) is 7.09. The number of nitrogens with one attached hydrogen (secondary N) is 1. The minimum absolute atomic E-state index is 0.274. The number of hydrogen-bond donors (Lipinski definition) is 2. The van der Waals surface area contributed by atoms with Crippen molar-refractivity contribution in [3.63, 3.8) is 0 Å². The Labute approximate surface area is 131 Å². The first-order valence-electron chi connectivity index (χ1n) is 6.01. The number of benzene rings is 1. The van der Waals surface area contributed by atoms with Crippen molar-refractivity contribution in [3.05, 3.63) is 56.2 Å². The van der Waals surface area contributed by atoms with Crippen LogP contribution in [0, 0.1) is 0 Å². The molecule has 6 heteroatoms. The summed E-state index contributed by atoms with van der Waals surface area (Å²) in [7, 11) is 0. The maximum Gasteiger partial charge on any atom is 0.252 e. The van der Waals surface area contributed by atoms with Gasteiger partial charge in [0, 0.05) is 11.6 Å². The molecule has 0 fully saturated rings. The van der Waals surface area contributed by atoms with Crippen molar-refractivity contribution >= 4 is 40.4 Å². The SMILES string of the molecule is O=C(NCCC(O)c1ccsc1)c1ccc(Cl)cc1Cl. The molecule has 1 unspecified atom stereocenters. The first-order chi connectivity index (χ1) is 9.58. The van der Waals surface area contributed by atoms with E-state index in [0.717, 1.165) is 5.56 Å². The molecule has 106 valence electrons. The van der Waals surface area contributed by atoms with E-state index in [1.807, 2.05) is 16.8 Å². The predicted molar refractivity (Wildman–Crippen MR) is 82.7 cm³/mol. The molecule has 3 nitrogen and oxygen atoms in total. The third-order valence-electron chi connectivity index (χ3n) is 2.81. The lowest BCUT2D eigenvalue weighted by molar-refractivity contribution is 0.0943. The van der Waals surface area contributed by atoms with Crippen molar-refractivity contribution in [3.8, 4) is 0 Å². The number of aliphatic hydroxyl groups excluding tert-OH is 1. The normalized spacial score (nSPS) is 12.2. The maximum atomic E-state index is 11.9. The number of amides is 1. The zero-order chi connectivity index (χ0) is 14.5. The van der Waals surface area contributed by atoms with E-state index in [9.17, 15) is 9.90 Å². The number of carbonyl (C=O) groups is 1. The lowest BCUT2D eigenvalue weighted by Crippen LogP contribution is -2.25. The van der Waals surface area contributed by atoms with E-state index in [1.54, 1.807) is 12.1 Å². The van der Waals surface area contributed by atoms with Crippen LogP contribution in [-0.4, -0.2) is 17.6 Å². The zero-order valence-corrected chi connectivity index (χ0v) is 12.8. The molecule has 2 aromatic rings. The summed E-state index contributed by atoms with van der Waals surface area (Å²) in [5, 5.41) is 17.2.